The largest absolute Gasteiger partial charge is 0.475 e. The molecule has 6 nitrogen and oxygen atoms in total. The summed E-state index contributed by atoms with van der Waals surface area (Å²) in [5, 5.41) is 8.46. The SMILES string of the molecule is O=C(O)c1ccc(S(=O)(=O)N2CC3CCC2C3)o1. The second-order valence-electron chi connectivity index (χ2n) is 4.83. The van der Waals surface area contributed by atoms with E-state index in [1.807, 2.05) is 0 Å². The molecule has 0 aromatic carbocycles. The zero-order valence-electron chi connectivity index (χ0n) is 9.57. The topological polar surface area (TPSA) is 87.8 Å². The summed E-state index contributed by atoms with van der Waals surface area (Å²) in [5.41, 5.74) is 0. The Bertz CT molecular complexity index is 590. The van der Waals surface area contributed by atoms with E-state index in [1.165, 1.54) is 16.4 Å². The van der Waals surface area contributed by atoms with Crippen molar-refractivity contribution in [1.29, 1.82) is 0 Å². The van der Waals surface area contributed by atoms with Gasteiger partial charge in [0.1, 0.15) is 0 Å². The number of carboxylic acids is 1. The molecule has 1 aromatic heterocycles. The van der Waals surface area contributed by atoms with E-state index in [0.29, 0.717) is 12.5 Å². The zero-order valence-corrected chi connectivity index (χ0v) is 10.4. The number of carbonyl (C=O) groups is 1. The minimum absolute atomic E-state index is 0.0541. The fraction of sp³-hybridized carbons (Fsp3) is 0.545. The Labute approximate surface area is 104 Å². The van der Waals surface area contributed by atoms with Crippen molar-refractivity contribution in [2.45, 2.75) is 30.4 Å². The smallest absolute Gasteiger partial charge is 0.371 e. The molecule has 0 spiro atoms. The molecule has 1 N–H and O–H groups in total. The van der Waals surface area contributed by atoms with Crippen molar-refractivity contribution in [3.8, 4) is 0 Å². The van der Waals surface area contributed by atoms with Gasteiger partial charge in [-0.25, -0.2) is 13.2 Å². The summed E-state index contributed by atoms with van der Waals surface area (Å²) in [6.45, 7) is 0.524. The maximum atomic E-state index is 12.3. The first-order valence-electron chi connectivity index (χ1n) is 5.83. The fourth-order valence-electron chi connectivity index (χ4n) is 2.86. The summed E-state index contributed by atoms with van der Waals surface area (Å²) < 4.78 is 30.9. The minimum Gasteiger partial charge on any atom is -0.475 e. The molecule has 1 aliphatic carbocycles. The van der Waals surface area contributed by atoms with Gasteiger partial charge in [0.05, 0.1) is 0 Å². The normalized spacial score (nSPS) is 27.8. The number of sulfonamides is 1. The quantitative estimate of drug-likeness (QED) is 0.891. The number of fused-ring (bicyclic) bond motifs is 2. The van der Waals surface area contributed by atoms with E-state index in [-0.39, 0.29) is 16.9 Å². The van der Waals surface area contributed by atoms with E-state index in [4.69, 9.17) is 9.52 Å². The van der Waals surface area contributed by atoms with E-state index in [2.05, 4.69) is 0 Å². The van der Waals surface area contributed by atoms with Crippen molar-refractivity contribution in [2.75, 3.05) is 6.54 Å². The first-order chi connectivity index (χ1) is 8.48. The van der Waals surface area contributed by atoms with Crippen LogP contribution in [0.15, 0.2) is 21.6 Å². The lowest BCUT2D eigenvalue weighted by Crippen LogP contribution is -2.37. The van der Waals surface area contributed by atoms with Crippen LogP contribution in [-0.4, -0.2) is 36.4 Å². The van der Waals surface area contributed by atoms with Crippen LogP contribution in [-0.2, 0) is 10.0 Å². The van der Waals surface area contributed by atoms with Crippen molar-refractivity contribution in [1.82, 2.24) is 4.31 Å². The molecule has 1 aliphatic heterocycles. The van der Waals surface area contributed by atoms with Crippen LogP contribution in [0.5, 0.6) is 0 Å². The molecule has 2 bridgehead atoms. The average molecular weight is 271 g/mol. The van der Waals surface area contributed by atoms with Crippen LogP contribution in [0.2, 0.25) is 0 Å². The Hall–Kier alpha value is -1.34. The van der Waals surface area contributed by atoms with E-state index in [1.54, 1.807) is 0 Å². The highest BCUT2D eigenvalue weighted by atomic mass is 32.2. The molecule has 2 atom stereocenters. The monoisotopic (exact) mass is 271 g/mol. The van der Waals surface area contributed by atoms with Gasteiger partial charge in [-0.1, -0.05) is 0 Å². The highest BCUT2D eigenvalue weighted by Crippen LogP contribution is 2.40. The Morgan fingerprint density at radius 1 is 1.39 bits per heavy atom. The summed E-state index contributed by atoms with van der Waals surface area (Å²) in [7, 11) is -3.68. The molecule has 1 aromatic rings. The minimum atomic E-state index is -3.68. The van der Waals surface area contributed by atoms with Gasteiger partial charge in [-0.2, -0.15) is 4.31 Å². The number of aromatic carboxylic acids is 1. The standard InChI is InChI=1S/C11H13NO5S/c13-11(14)9-3-4-10(17-9)18(15,16)12-6-7-1-2-8(12)5-7/h3-4,7-8H,1-2,5-6H2,(H,13,14). The molecule has 1 saturated carbocycles. The molecule has 0 radical (unpaired) electrons. The van der Waals surface area contributed by atoms with Gasteiger partial charge in [-0.15, -0.1) is 0 Å². The number of piperidine rings is 1. The molecule has 98 valence electrons. The first kappa shape index (κ1) is 11.7. The predicted octanol–water partition coefficient (Wildman–Crippen LogP) is 1.15. The van der Waals surface area contributed by atoms with Gasteiger partial charge >= 0.3 is 5.97 Å². The van der Waals surface area contributed by atoms with E-state index < -0.39 is 16.0 Å². The molecule has 3 rings (SSSR count). The molecule has 2 fully saturated rings. The zero-order chi connectivity index (χ0) is 12.9. The Balaban J connectivity index is 1.92. The van der Waals surface area contributed by atoms with Crippen molar-refractivity contribution >= 4 is 16.0 Å². The second-order valence-corrected chi connectivity index (χ2v) is 6.65. The van der Waals surface area contributed by atoms with Gasteiger partial charge in [0.2, 0.25) is 10.9 Å². The van der Waals surface area contributed by atoms with Gasteiger partial charge in [0.25, 0.3) is 10.0 Å². The molecule has 18 heavy (non-hydrogen) atoms. The predicted molar refractivity (Wildman–Crippen MR) is 60.7 cm³/mol. The number of nitrogens with zero attached hydrogens (tertiary/aromatic N) is 1. The third-order valence-corrected chi connectivity index (χ3v) is 5.51. The maximum absolute atomic E-state index is 12.3. The molecular formula is C11H13NO5S. The van der Waals surface area contributed by atoms with Crippen LogP contribution in [0.4, 0.5) is 0 Å². The van der Waals surface area contributed by atoms with Crippen LogP contribution in [0.1, 0.15) is 29.8 Å². The van der Waals surface area contributed by atoms with Crippen molar-refractivity contribution in [3.05, 3.63) is 17.9 Å². The number of hydrogen-bond donors (Lipinski definition) is 1. The van der Waals surface area contributed by atoms with Crippen LogP contribution in [0, 0.1) is 5.92 Å². The highest BCUT2D eigenvalue weighted by molar-refractivity contribution is 7.89. The molecular weight excluding hydrogens is 258 g/mol. The number of furan rings is 1. The van der Waals surface area contributed by atoms with Gasteiger partial charge in [0.15, 0.2) is 0 Å². The molecule has 2 unspecified atom stereocenters. The third kappa shape index (κ3) is 1.65. The Morgan fingerprint density at radius 3 is 2.67 bits per heavy atom. The van der Waals surface area contributed by atoms with Gasteiger partial charge in [0, 0.05) is 12.6 Å². The number of hydrogen-bond acceptors (Lipinski definition) is 4. The van der Waals surface area contributed by atoms with Crippen molar-refractivity contribution < 1.29 is 22.7 Å². The van der Waals surface area contributed by atoms with E-state index >= 15 is 0 Å². The second kappa shape index (κ2) is 3.83. The third-order valence-electron chi connectivity index (χ3n) is 3.71. The van der Waals surface area contributed by atoms with E-state index in [9.17, 15) is 13.2 Å². The van der Waals surface area contributed by atoms with Crippen molar-refractivity contribution in [3.63, 3.8) is 0 Å². The van der Waals surface area contributed by atoms with Crippen molar-refractivity contribution in [2.24, 2.45) is 5.92 Å². The van der Waals surface area contributed by atoms with Gasteiger partial charge in [-0.05, 0) is 37.3 Å². The summed E-state index contributed by atoms with van der Waals surface area (Å²) in [6, 6.07) is 2.44. The van der Waals surface area contributed by atoms with Gasteiger partial charge < -0.3 is 9.52 Å². The molecule has 0 amide bonds. The molecule has 7 heteroatoms. The number of carboxylic acid groups (broad SMARTS) is 1. The summed E-state index contributed by atoms with van der Waals surface area (Å²) in [6.07, 6.45) is 2.87. The average Bonchev–Trinajstić information content (AvgIpc) is 3.04. The van der Waals surface area contributed by atoms with Gasteiger partial charge in [-0.3, -0.25) is 0 Å². The lowest BCUT2D eigenvalue weighted by Gasteiger charge is -2.24. The Kier molecular flexibility index (Phi) is 2.49. The lowest BCUT2D eigenvalue weighted by atomic mass is 10.1. The highest BCUT2D eigenvalue weighted by Gasteiger charge is 2.45. The van der Waals surface area contributed by atoms with Crippen LogP contribution in [0.25, 0.3) is 0 Å². The summed E-state index contributed by atoms with van der Waals surface area (Å²) in [5.74, 6) is -1.17. The fourth-order valence-corrected chi connectivity index (χ4v) is 4.52. The molecule has 2 heterocycles. The van der Waals surface area contributed by atoms with Crippen LogP contribution < -0.4 is 0 Å². The Morgan fingerprint density at radius 2 is 2.17 bits per heavy atom. The van der Waals surface area contributed by atoms with E-state index in [0.717, 1.165) is 19.3 Å². The molecule has 2 aliphatic rings. The lowest BCUT2D eigenvalue weighted by molar-refractivity contribution is 0.0656. The maximum Gasteiger partial charge on any atom is 0.371 e. The summed E-state index contributed by atoms with van der Waals surface area (Å²) in [4.78, 5) is 10.7. The molecule has 1 saturated heterocycles. The summed E-state index contributed by atoms with van der Waals surface area (Å²) >= 11 is 0. The van der Waals surface area contributed by atoms with Crippen LogP contribution in [0.3, 0.4) is 0 Å². The number of rotatable bonds is 3. The van der Waals surface area contributed by atoms with Crippen LogP contribution >= 0.6 is 0 Å². The first-order valence-corrected chi connectivity index (χ1v) is 7.27.